The van der Waals surface area contributed by atoms with Gasteiger partial charge in [0.25, 0.3) is 0 Å². The van der Waals surface area contributed by atoms with Gasteiger partial charge in [0.1, 0.15) is 0 Å². The predicted octanol–water partition coefficient (Wildman–Crippen LogP) is 4.55. The van der Waals surface area contributed by atoms with Gasteiger partial charge in [-0.15, -0.1) is 0 Å². The van der Waals surface area contributed by atoms with Gasteiger partial charge in [-0.2, -0.15) is 0 Å². The number of nitrogens with zero attached hydrogens (tertiary/aromatic N) is 1. The van der Waals surface area contributed by atoms with E-state index in [0.29, 0.717) is 36.3 Å². The number of hydrogen-bond donors (Lipinski definition) is 1. The summed E-state index contributed by atoms with van der Waals surface area (Å²) in [6.45, 7) is 11.2. The third kappa shape index (κ3) is 3.35. The lowest BCUT2D eigenvalue weighted by atomic mass is 9.48. The lowest BCUT2D eigenvalue weighted by Crippen LogP contribution is -2.60. The fraction of sp³-hybridized carbons (Fsp3) is 0.840. The average molecular weight is 401 g/mol. The molecule has 0 saturated heterocycles. The van der Waals surface area contributed by atoms with Gasteiger partial charge in [-0.25, -0.2) is 0 Å². The van der Waals surface area contributed by atoms with Crippen LogP contribution >= 0.6 is 0 Å². The summed E-state index contributed by atoms with van der Waals surface area (Å²) >= 11 is 0. The van der Waals surface area contributed by atoms with Crippen LogP contribution in [0.1, 0.15) is 79.6 Å². The molecule has 0 aromatic carbocycles. The van der Waals surface area contributed by atoms with Crippen LogP contribution in [0.25, 0.3) is 0 Å². The largest absolute Gasteiger partial charge is 0.353 e. The SMILES string of the molecule is CN1C(=O)C=C[C@@]2(C)C1CC[C@@H]1[C@H]2CC[C@]2(C)C(NC(=O)CC(C)(C)C)CC[C@@H]12. The molecule has 4 rings (SSSR count). The quantitative estimate of drug-likeness (QED) is 0.739. The van der Waals surface area contributed by atoms with Crippen molar-refractivity contribution in [2.45, 2.75) is 91.6 Å². The van der Waals surface area contributed by atoms with Crippen molar-refractivity contribution in [3.8, 4) is 0 Å². The number of fused-ring (bicyclic) bond motifs is 5. The zero-order valence-corrected chi connectivity index (χ0v) is 19.3. The Hall–Kier alpha value is -1.32. The number of carbonyl (C=O) groups is 2. The molecule has 29 heavy (non-hydrogen) atoms. The van der Waals surface area contributed by atoms with Crippen molar-refractivity contribution >= 4 is 11.8 Å². The number of amides is 2. The highest BCUT2D eigenvalue weighted by atomic mass is 16.2. The minimum absolute atomic E-state index is 0.0321. The van der Waals surface area contributed by atoms with E-state index in [1.807, 2.05) is 18.0 Å². The highest BCUT2D eigenvalue weighted by Gasteiger charge is 2.60. The summed E-state index contributed by atoms with van der Waals surface area (Å²) in [5.74, 6) is 2.43. The Morgan fingerprint density at radius 1 is 1.14 bits per heavy atom. The Labute approximate surface area is 176 Å². The first-order valence-electron chi connectivity index (χ1n) is 11.7. The average Bonchev–Trinajstić information content (AvgIpc) is 2.93. The summed E-state index contributed by atoms with van der Waals surface area (Å²) in [4.78, 5) is 26.9. The molecule has 0 aromatic rings. The number of nitrogens with one attached hydrogen (secondary N) is 1. The lowest BCUT2D eigenvalue weighted by Gasteiger charge is -2.60. The van der Waals surface area contributed by atoms with Gasteiger partial charge in [0.2, 0.25) is 11.8 Å². The number of likely N-dealkylation sites (N-methyl/N-ethyl adjacent to an activating group) is 1. The molecule has 4 nitrogen and oxygen atoms in total. The van der Waals surface area contributed by atoms with E-state index >= 15 is 0 Å². The van der Waals surface area contributed by atoms with Gasteiger partial charge in [-0.05, 0) is 73.2 Å². The second-order valence-corrected chi connectivity index (χ2v) is 12.1. The van der Waals surface area contributed by atoms with Crippen molar-refractivity contribution in [3.63, 3.8) is 0 Å². The fourth-order valence-corrected chi connectivity index (χ4v) is 7.70. The van der Waals surface area contributed by atoms with Crippen molar-refractivity contribution in [2.24, 2.45) is 34.0 Å². The van der Waals surface area contributed by atoms with E-state index in [9.17, 15) is 9.59 Å². The summed E-state index contributed by atoms with van der Waals surface area (Å²) in [5, 5.41) is 3.44. The molecule has 4 heteroatoms. The van der Waals surface area contributed by atoms with E-state index in [2.05, 4.69) is 46.0 Å². The Bertz CT molecular complexity index is 723. The van der Waals surface area contributed by atoms with E-state index in [0.717, 1.165) is 12.8 Å². The van der Waals surface area contributed by atoms with E-state index < -0.39 is 0 Å². The molecule has 0 radical (unpaired) electrons. The summed E-state index contributed by atoms with van der Waals surface area (Å²) in [6.07, 6.45) is 11.7. The zero-order chi connectivity index (χ0) is 21.2. The van der Waals surface area contributed by atoms with Crippen LogP contribution in [0.15, 0.2) is 12.2 Å². The molecule has 0 bridgehead atoms. The third-order valence-corrected chi connectivity index (χ3v) is 9.15. The number of hydrogen-bond acceptors (Lipinski definition) is 2. The van der Waals surface area contributed by atoms with Crippen LogP contribution in [0, 0.1) is 34.0 Å². The molecular formula is C25H40N2O2. The zero-order valence-electron chi connectivity index (χ0n) is 19.3. The third-order valence-electron chi connectivity index (χ3n) is 9.15. The maximum absolute atomic E-state index is 12.7. The molecule has 1 aliphatic heterocycles. The molecule has 1 N–H and O–H groups in total. The normalized spacial score (nSPS) is 44.1. The van der Waals surface area contributed by atoms with Gasteiger partial charge in [-0.1, -0.05) is 40.7 Å². The van der Waals surface area contributed by atoms with Gasteiger partial charge in [0.15, 0.2) is 0 Å². The van der Waals surface area contributed by atoms with E-state index in [4.69, 9.17) is 0 Å². The van der Waals surface area contributed by atoms with Crippen LogP contribution in [0.4, 0.5) is 0 Å². The van der Waals surface area contributed by atoms with Gasteiger partial charge in [0.05, 0.1) is 0 Å². The molecule has 162 valence electrons. The molecule has 3 saturated carbocycles. The maximum Gasteiger partial charge on any atom is 0.246 e. The minimum Gasteiger partial charge on any atom is -0.353 e. The van der Waals surface area contributed by atoms with E-state index in [-0.39, 0.29) is 28.1 Å². The Morgan fingerprint density at radius 3 is 2.55 bits per heavy atom. The molecule has 2 amide bonds. The highest BCUT2D eigenvalue weighted by Crippen LogP contribution is 2.63. The first-order chi connectivity index (χ1) is 13.5. The van der Waals surface area contributed by atoms with Crippen molar-refractivity contribution < 1.29 is 9.59 Å². The standard InChI is InChI=1S/C25H40N2O2/c1-23(2,3)15-21(28)26-19-9-8-17-16-7-10-20-25(5,14-12-22(29)27(20)6)18(16)11-13-24(17,19)4/h12,14,16-20H,7-11,13,15H2,1-6H3,(H,26,28)/t16-,17-,18+,19?,20?,24-,25+/m0/s1. The molecule has 1 heterocycles. The smallest absolute Gasteiger partial charge is 0.246 e. The first kappa shape index (κ1) is 20.9. The monoisotopic (exact) mass is 400 g/mol. The van der Waals surface area contributed by atoms with Crippen LogP contribution in [-0.4, -0.2) is 35.8 Å². The molecule has 3 fully saturated rings. The van der Waals surface area contributed by atoms with Gasteiger partial charge in [0, 0.05) is 31.0 Å². The van der Waals surface area contributed by atoms with Crippen LogP contribution in [0.3, 0.4) is 0 Å². The molecular weight excluding hydrogens is 360 g/mol. The Morgan fingerprint density at radius 2 is 1.86 bits per heavy atom. The second kappa shape index (κ2) is 6.85. The maximum atomic E-state index is 12.7. The minimum atomic E-state index is 0.0321. The van der Waals surface area contributed by atoms with Crippen molar-refractivity contribution in [3.05, 3.63) is 12.2 Å². The molecule has 0 aromatic heterocycles. The van der Waals surface area contributed by atoms with Gasteiger partial charge in [-0.3, -0.25) is 9.59 Å². The summed E-state index contributed by atoms with van der Waals surface area (Å²) in [6, 6.07) is 0.661. The summed E-state index contributed by atoms with van der Waals surface area (Å²) < 4.78 is 0. The van der Waals surface area contributed by atoms with Crippen LogP contribution < -0.4 is 5.32 Å². The molecule has 0 spiro atoms. The van der Waals surface area contributed by atoms with E-state index in [1.54, 1.807) is 0 Å². The second-order valence-electron chi connectivity index (χ2n) is 12.1. The Kier molecular flexibility index (Phi) is 4.94. The number of rotatable bonds is 2. The predicted molar refractivity (Wildman–Crippen MR) is 116 cm³/mol. The molecule has 2 unspecified atom stereocenters. The van der Waals surface area contributed by atoms with Crippen LogP contribution in [-0.2, 0) is 9.59 Å². The topological polar surface area (TPSA) is 49.4 Å². The fourth-order valence-electron chi connectivity index (χ4n) is 7.70. The summed E-state index contributed by atoms with van der Waals surface area (Å²) in [7, 11) is 1.98. The Balaban J connectivity index is 1.53. The van der Waals surface area contributed by atoms with Gasteiger partial charge >= 0.3 is 0 Å². The van der Waals surface area contributed by atoms with Crippen molar-refractivity contribution in [2.75, 3.05) is 7.05 Å². The molecule has 3 aliphatic carbocycles. The van der Waals surface area contributed by atoms with Crippen molar-refractivity contribution in [1.29, 1.82) is 0 Å². The molecule has 4 aliphatic rings. The first-order valence-corrected chi connectivity index (χ1v) is 11.7. The van der Waals surface area contributed by atoms with Gasteiger partial charge < -0.3 is 10.2 Å². The molecule has 7 atom stereocenters. The van der Waals surface area contributed by atoms with Crippen LogP contribution in [0.2, 0.25) is 0 Å². The number of carbonyl (C=O) groups excluding carboxylic acids is 2. The lowest BCUT2D eigenvalue weighted by molar-refractivity contribution is -0.138. The van der Waals surface area contributed by atoms with E-state index in [1.165, 1.54) is 25.7 Å². The summed E-state index contributed by atoms with van der Waals surface area (Å²) in [5.41, 5.74) is 0.350. The highest BCUT2D eigenvalue weighted by molar-refractivity contribution is 5.89. The van der Waals surface area contributed by atoms with Crippen LogP contribution in [0.5, 0.6) is 0 Å². The van der Waals surface area contributed by atoms with Crippen molar-refractivity contribution in [1.82, 2.24) is 10.2 Å².